The Balaban J connectivity index is 1.69. The first-order valence-corrected chi connectivity index (χ1v) is 13.1. The number of nitrogens with one attached hydrogen (secondary N) is 1. The molecule has 1 heterocycles. The molecule has 10 heteroatoms. The summed E-state index contributed by atoms with van der Waals surface area (Å²) < 4.78 is 28.8. The summed E-state index contributed by atoms with van der Waals surface area (Å²) in [5, 5.41) is 5.03. The fourth-order valence-corrected chi connectivity index (χ4v) is 5.78. The maximum atomic E-state index is 13.8. The number of nitrogens with two attached hydrogens (primary N) is 1. The van der Waals surface area contributed by atoms with Gasteiger partial charge in [0.15, 0.2) is 0 Å². The van der Waals surface area contributed by atoms with Gasteiger partial charge in [0.2, 0.25) is 0 Å². The molecule has 0 unspecified atom stereocenters. The Bertz CT molecular complexity index is 1470. The van der Waals surface area contributed by atoms with E-state index < -0.39 is 21.8 Å². The number of amides is 2. The molecular formula is C25H20ClN3O4S2. The topological polar surface area (TPSA) is 110 Å². The summed E-state index contributed by atoms with van der Waals surface area (Å²) in [6, 6.07) is 22.9. The molecule has 0 saturated heterocycles. The highest BCUT2D eigenvalue weighted by molar-refractivity contribution is 7.92. The van der Waals surface area contributed by atoms with Crippen molar-refractivity contribution in [3.63, 3.8) is 0 Å². The van der Waals surface area contributed by atoms with E-state index in [0.717, 1.165) is 16.9 Å². The van der Waals surface area contributed by atoms with Gasteiger partial charge in [-0.15, -0.1) is 11.3 Å². The number of halogens is 1. The molecule has 0 aliphatic heterocycles. The lowest BCUT2D eigenvalue weighted by Gasteiger charge is -2.25. The van der Waals surface area contributed by atoms with Crippen LogP contribution in [0, 0.1) is 0 Å². The van der Waals surface area contributed by atoms with Gasteiger partial charge in [0.05, 0.1) is 22.7 Å². The largest absolute Gasteiger partial charge is 0.366 e. The van der Waals surface area contributed by atoms with Crippen molar-refractivity contribution in [3.05, 3.63) is 112 Å². The summed E-state index contributed by atoms with van der Waals surface area (Å²) in [6.45, 7) is 0.0817. The highest BCUT2D eigenvalue weighted by Crippen LogP contribution is 2.28. The second-order valence-corrected chi connectivity index (χ2v) is 10.7. The summed E-state index contributed by atoms with van der Waals surface area (Å²) in [5.74, 6) is -1.23. The van der Waals surface area contributed by atoms with E-state index >= 15 is 0 Å². The minimum Gasteiger partial charge on any atom is -0.366 e. The minimum atomic E-state index is -4.07. The van der Waals surface area contributed by atoms with Crippen LogP contribution < -0.4 is 15.4 Å². The third-order valence-corrected chi connectivity index (χ3v) is 7.98. The molecule has 1 aromatic heterocycles. The van der Waals surface area contributed by atoms with Crippen LogP contribution in [0.2, 0.25) is 5.02 Å². The second kappa shape index (κ2) is 10.3. The smallest absolute Gasteiger partial charge is 0.264 e. The number of benzene rings is 3. The van der Waals surface area contributed by atoms with Crippen molar-refractivity contribution in [1.29, 1.82) is 0 Å². The molecule has 0 bridgehead atoms. The van der Waals surface area contributed by atoms with Crippen LogP contribution in [0.1, 0.15) is 26.3 Å². The van der Waals surface area contributed by atoms with Crippen molar-refractivity contribution in [1.82, 2.24) is 0 Å². The van der Waals surface area contributed by atoms with Gasteiger partial charge in [-0.25, -0.2) is 8.42 Å². The average Bonchev–Trinajstić information content (AvgIpc) is 3.32. The van der Waals surface area contributed by atoms with Crippen molar-refractivity contribution in [2.24, 2.45) is 5.73 Å². The molecule has 0 saturated carbocycles. The van der Waals surface area contributed by atoms with Crippen LogP contribution in [0.25, 0.3) is 0 Å². The third kappa shape index (κ3) is 5.54. The van der Waals surface area contributed by atoms with Crippen LogP contribution in [0.5, 0.6) is 0 Å². The van der Waals surface area contributed by atoms with Gasteiger partial charge in [0, 0.05) is 10.6 Å². The van der Waals surface area contributed by atoms with Crippen LogP contribution in [0.4, 0.5) is 10.7 Å². The Hall–Kier alpha value is -3.66. The van der Waals surface area contributed by atoms with Crippen LogP contribution in [0.15, 0.2) is 95.2 Å². The number of nitrogens with zero attached hydrogens (tertiary/aromatic N) is 1. The number of anilines is 2. The second-order valence-electron chi connectivity index (χ2n) is 7.48. The molecule has 178 valence electrons. The van der Waals surface area contributed by atoms with E-state index in [-0.39, 0.29) is 22.6 Å². The lowest BCUT2D eigenvalue weighted by molar-refractivity contribution is 0.100. The summed E-state index contributed by atoms with van der Waals surface area (Å²) in [4.78, 5) is 24.3. The van der Waals surface area contributed by atoms with Crippen molar-refractivity contribution in [3.8, 4) is 0 Å². The molecular weight excluding hydrogens is 506 g/mol. The predicted molar refractivity (Wildman–Crippen MR) is 138 cm³/mol. The van der Waals surface area contributed by atoms with Crippen molar-refractivity contribution >= 4 is 55.5 Å². The summed E-state index contributed by atoms with van der Waals surface area (Å²) >= 11 is 7.16. The molecule has 0 fully saturated rings. The fourth-order valence-electron chi connectivity index (χ4n) is 3.37. The first-order valence-electron chi connectivity index (χ1n) is 10.4. The van der Waals surface area contributed by atoms with Gasteiger partial charge >= 0.3 is 0 Å². The van der Waals surface area contributed by atoms with Crippen LogP contribution >= 0.6 is 22.9 Å². The Morgan fingerprint density at radius 1 is 0.943 bits per heavy atom. The van der Waals surface area contributed by atoms with E-state index in [0.29, 0.717) is 15.7 Å². The Morgan fingerprint density at radius 2 is 1.66 bits per heavy atom. The minimum absolute atomic E-state index is 0.0580. The Kier molecular flexibility index (Phi) is 7.20. The number of hydrogen-bond acceptors (Lipinski definition) is 5. The molecule has 0 aliphatic carbocycles. The van der Waals surface area contributed by atoms with E-state index in [1.807, 2.05) is 30.3 Å². The van der Waals surface area contributed by atoms with Gasteiger partial charge in [-0.05, 0) is 59.5 Å². The molecule has 7 nitrogen and oxygen atoms in total. The van der Waals surface area contributed by atoms with Crippen molar-refractivity contribution < 1.29 is 18.0 Å². The molecule has 35 heavy (non-hydrogen) atoms. The number of rotatable bonds is 8. The van der Waals surface area contributed by atoms with Gasteiger partial charge in [0.25, 0.3) is 21.8 Å². The quantitative estimate of drug-likeness (QED) is 0.331. The summed E-state index contributed by atoms with van der Waals surface area (Å²) in [5.41, 5.74) is 6.86. The number of primary amides is 1. The monoisotopic (exact) mass is 525 g/mol. The average molecular weight is 526 g/mol. The molecule has 4 aromatic rings. The first-order chi connectivity index (χ1) is 16.8. The lowest BCUT2D eigenvalue weighted by atomic mass is 10.2. The summed E-state index contributed by atoms with van der Waals surface area (Å²) in [7, 11) is -4.07. The van der Waals surface area contributed by atoms with Gasteiger partial charge in [-0.3, -0.25) is 13.9 Å². The fraction of sp³-hybridized carbons (Fsp3) is 0.0400. The standard InChI is InChI=1S/C25H20ClN3O4S2/c26-19-9-11-20(12-10-19)29(16-17-5-2-1-3-6-17)35(32,33)21-8-4-7-18(15-21)24(31)28-25-22(23(27)30)13-14-34-25/h1-15H,16H2,(H2,27,30)(H,28,31). The normalized spacial score (nSPS) is 11.1. The van der Waals surface area contributed by atoms with Crippen LogP contribution in [-0.4, -0.2) is 20.2 Å². The van der Waals surface area contributed by atoms with E-state index in [1.54, 1.807) is 29.6 Å². The Labute approximate surface area is 211 Å². The SMILES string of the molecule is NC(=O)c1ccsc1NC(=O)c1cccc(S(=O)(=O)N(Cc2ccccc2)c2ccc(Cl)cc2)c1. The highest BCUT2D eigenvalue weighted by Gasteiger charge is 2.26. The van der Waals surface area contributed by atoms with Crippen LogP contribution in [0.3, 0.4) is 0 Å². The number of hydrogen-bond donors (Lipinski definition) is 2. The number of thiophene rings is 1. The molecule has 0 radical (unpaired) electrons. The zero-order valence-electron chi connectivity index (χ0n) is 18.2. The van der Waals surface area contributed by atoms with E-state index in [4.69, 9.17) is 17.3 Å². The molecule has 3 aromatic carbocycles. The third-order valence-electron chi connectivity index (χ3n) is 5.13. The molecule has 0 atom stereocenters. The molecule has 0 spiro atoms. The number of carbonyl (C=O) groups is 2. The lowest BCUT2D eigenvalue weighted by Crippen LogP contribution is -2.30. The number of sulfonamides is 1. The van der Waals surface area contributed by atoms with Gasteiger partial charge in [0.1, 0.15) is 5.00 Å². The molecule has 3 N–H and O–H groups in total. The number of carbonyl (C=O) groups excluding carboxylic acids is 2. The predicted octanol–water partition coefficient (Wildman–Crippen LogP) is 5.15. The van der Waals surface area contributed by atoms with Gasteiger partial charge in [-0.2, -0.15) is 0 Å². The van der Waals surface area contributed by atoms with Crippen molar-refractivity contribution in [2.45, 2.75) is 11.4 Å². The Morgan fingerprint density at radius 3 is 2.34 bits per heavy atom. The van der Waals surface area contributed by atoms with E-state index in [9.17, 15) is 18.0 Å². The summed E-state index contributed by atoms with van der Waals surface area (Å²) in [6.07, 6.45) is 0. The van der Waals surface area contributed by atoms with Gasteiger partial charge in [-0.1, -0.05) is 48.0 Å². The highest BCUT2D eigenvalue weighted by atomic mass is 35.5. The first kappa shape index (κ1) is 24.5. The zero-order chi connectivity index (χ0) is 25.0. The van der Waals surface area contributed by atoms with E-state index in [1.165, 1.54) is 34.6 Å². The van der Waals surface area contributed by atoms with Crippen molar-refractivity contribution in [2.75, 3.05) is 9.62 Å². The van der Waals surface area contributed by atoms with Gasteiger partial charge < -0.3 is 11.1 Å². The molecule has 4 rings (SSSR count). The molecule has 2 amide bonds. The molecule has 0 aliphatic rings. The van der Waals surface area contributed by atoms with E-state index in [2.05, 4.69) is 5.32 Å². The maximum Gasteiger partial charge on any atom is 0.264 e. The zero-order valence-corrected chi connectivity index (χ0v) is 20.6. The van der Waals surface area contributed by atoms with Crippen LogP contribution in [-0.2, 0) is 16.6 Å². The maximum absolute atomic E-state index is 13.8.